The molecule has 4 nitrogen and oxygen atoms in total. The smallest absolute Gasteiger partial charge is 0.189 e. The van der Waals surface area contributed by atoms with E-state index in [4.69, 9.17) is 10.3 Å². The Morgan fingerprint density at radius 1 is 1.80 bits per heavy atom. The Balaban J connectivity index is 4.56. The summed E-state index contributed by atoms with van der Waals surface area (Å²) in [6.45, 7) is 1.62. The minimum absolute atomic E-state index is 0.155. The first-order valence-electron chi connectivity index (χ1n) is 2.60. The van der Waals surface area contributed by atoms with E-state index in [0.29, 0.717) is 5.71 Å². The molecule has 3 N–H and O–H groups in total. The summed E-state index contributed by atoms with van der Waals surface area (Å²) < 4.78 is 19.0. The van der Waals surface area contributed by atoms with Gasteiger partial charge in [-0.15, -0.1) is 0 Å². The van der Waals surface area contributed by atoms with Gasteiger partial charge in [-0.2, -0.15) is 0 Å². The average molecular weight is 162 g/mol. The van der Waals surface area contributed by atoms with Crippen LogP contribution in [0, 0.1) is 0 Å². The fraction of sp³-hybridized carbons (Fsp3) is 0.400. The molecule has 0 aliphatic heterocycles. The molecule has 0 radical (unpaired) electrons. The highest BCUT2D eigenvalue weighted by Crippen LogP contribution is 1.99. The molecule has 0 amide bonds. The molecule has 0 fully saturated rings. The first-order chi connectivity index (χ1) is 4.63. The van der Waals surface area contributed by atoms with Crippen LogP contribution in [-0.4, -0.2) is 21.5 Å². The van der Waals surface area contributed by atoms with E-state index < -0.39 is 11.1 Å². The topological polar surface area (TPSA) is 75.7 Å². The van der Waals surface area contributed by atoms with E-state index >= 15 is 0 Å². The number of nitrogens with two attached hydrogens (primary N) is 1. The van der Waals surface area contributed by atoms with Crippen molar-refractivity contribution >= 4 is 16.8 Å². The Morgan fingerprint density at radius 2 is 2.30 bits per heavy atom. The molecule has 0 saturated carbocycles. The van der Waals surface area contributed by atoms with Gasteiger partial charge in [-0.25, -0.2) is 4.21 Å². The van der Waals surface area contributed by atoms with Gasteiger partial charge in [0.2, 0.25) is 0 Å². The van der Waals surface area contributed by atoms with Crippen LogP contribution in [0.4, 0.5) is 0 Å². The summed E-state index contributed by atoms with van der Waals surface area (Å²) in [5.41, 5.74) is 5.53. The molecule has 1 unspecified atom stereocenters. The number of aliphatic imine (C=N–C) groups is 1. The molecule has 0 rings (SSSR count). The van der Waals surface area contributed by atoms with Crippen molar-refractivity contribution in [1.82, 2.24) is 0 Å². The number of hydrogen-bond donors (Lipinski definition) is 2. The molecular formula is C5H10N2O2S. The molecule has 0 aromatic carbocycles. The fourth-order valence-electron chi connectivity index (χ4n) is 0.415. The van der Waals surface area contributed by atoms with Gasteiger partial charge in [0.1, 0.15) is 4.91 Å². The van der Waals surface area contributed by atoms with Crippen LogP contribution in [0.2, 0.25) is 0 Å². The zero-order valence-corrected chi connectivity index (χ0v) is 6.68. The van der Waals surface area contributed by atoms with E-state index in [9.17, 15) is 4.21 Å². The monoisotopic (exact) mass is 162 g/mol. The summed E-state index contributed by atoms with van der Waals surface area (Å²) >= 11 is -2.03. The molecule has 0 heterocycles. The van der Waals surface area contributed by atoms with Gasteiger partial charge >= 0.3 is 0 Å². The second kappa shape index (κ2) is 4.19. The Labute approximate surface area is 62.1 Å². The highest BCUT2D eigenvalue weighted by molar-refractivity contribution is 7.84. The van der Waals surface area contributed by atoms with Crippen molar-refractivity contribution in [3.63, 3.8) is 0 Å². The van der Waals surface area contributed by atoms with Crippen LogP contribution in [0.15, 0.2) is 16.1 Å². The lowest BCUT2D eigenvalue weighted by Crippen LogP contribution is -2.05. The van der Waals surface area contributed by atoms with E-state index in [-0.39, 0.29) is 4.91 Å². The Morgan fingerprint density at radius 3 is 2.40 bits per heavy atom. The molecule has 0 spiro atoms. The van der Waals surface area contributed by atoms with Crippen molar-refractivity contribution in [1.29, 1.82) is 0 Å². The number of rotatable bonds is 2. The summed E-state index contributed by atoms with van der Waals surface area (Å²) in [6, 6.07) is 0. The molecule has 5 heteroatoms. The Kier molecular flexibility index (Phi) is 3.90. The Hall–Kier alpha value is -0.680. The molecule has 10 heavy (non-hydrogen) atoms. The van der Waals surface area contributed by atoms with E-state index in [1.807, 2.05) is 0 Å². The molecular weight excluding hydrogens is 152 g/mol. The van der Waals surface area contributed by atoms with Gasteiger partial charge in [0.15, 0.2) is 11.1 Å². The maximum atomic E-state index is 10.4. The molecule has 0 aliphatic rings. The summed E-state index contributed by atoms with van der Waals surface area (Å²) in [5.74, 6) is 0. The minimum atomic E-state index is -2.03. The van der Waals surface area contributed by atoms with Gasteiger partial charge in [0.25, 0.3) is 0 Å². The van der Waals surface area contributed by atoms with E-state index in [2.05, 4.69) is 4.99 Å². The summed E-state index contributed by atoms with van der Waals surface area (Å²) in [6.07, 6.45) is 1.08. The van der Waals surface area contributed by atoms with Gasteiger partial charge in [-0.05, 0) is 6.92 Å². The molecule has 58 valence electrons. The first kappa shape index (κ1) is 9.32. The van der Waals surface area contributed by atoms with Crippen LogP contribution in [0.25, 0.3) is 0 Å². The van der Waals surface area contributed by atoms with Crippen molar-refractivity contribution < 1.29 is 8.76 Å². The van der Waals surface area contributed by atoms with Crippen LogP contribution in [-0.2, 0) is 11.1 Å². The normalized spacial score (nSPS) is 17.1. The molecule has 0 saturated heterocycles. The third-order valence-corrected chi connectivity index (χ3v) is 1.84. The largest absolute Gasteiger partial charge is 0.404 e. The third kappa shape index (κ3) is 2.28. The quantitative estimate of drug-likeness (QED) is 0.446. The number of hydrogen-bond acceptors (Lipinski definition) is 3. The van der Waals surface area contributed by atoms with Crippen LogP contribution in [0.5, 0.6) is 0 Å². The van der Waals surface area contributed by atoms with Gasteiger partial charge < -0.3 is 10.3 Å². The zero-order chi connectivity index (χ0) is 8.15. The lowest BCUT2D eigenvalue weighted by atomic mass is 10.4. The number of nitrogens with zero attached hydrogens (tertiary/aromatic N) is 1. The fourth-order valence-corrected chi connectivity index (χ4v) is 0.876. The van der Waals surface area contributed by atoms with E-state index in [0.717, 1.165) is 6.20 Å². The van der Waals surface area contributed by atoms with Crippen LogP contribution in [0.1, 0.15) is 6.92 Å². The second-order valence-corrected chi connectivity index (χ2v) is 2.53. The third-order valence-electron chi connectivity index (χ3n) is 1.03. The molecule has 1 atom stereocenters. The van der Waals surface area contributed by atoms with Crippen LogP contribution < -0.4 is 5.73 Å². The van der Waals surface area contributed by atoms with Crippen molar-refractivity contribution in [2.75, 3.05) is 7.05 Å². The maximum Gasteiger partial charge on any atom is 0.189 e. The highest BCUT2D eigenvalue weighted by atomic mass is 32.2. The lowest BCUT2D eigenvalue weighted by Gasteiger charge is -1.97. The predicted octanol–water partition coefficient (Wildman–Crippen LogP) is 0.0989. The molecule has 0 aromatic heterocycles. The summed E-state index contributed by atoms with van der Waals surface area (Å²) in [4.78, 5) is 3.85. The standard InChI is InChI=1S/C5H10N2O2S/c1-4(7-2)5(3-6)10(8)9/h3H,6H2,1-2H3,(H,8,9). The van der Waals surface area contributed by atoms with Crippen molar-refractivity contribution in [2.45, 2.75) is 6.92 Å². The highest BCUT2D eigenvalue weighted by Gasteiger charge is 2.05. The molecule has 0 aromatic rings. The van der Waals surface area contributed by atoms with Crippen molar-refractivity contribution in [3.8, 4) is 0 Å². The van der Waals surface area contributed by atoms with E-state index in [1.165, 1.54) is 7.05 Å². The SMILES string of the molecule is CN=C(C)C(=CN)S(=O)O. The van der Waals surface area contributed by atoms with Gasteiger partial charge in [-0.1, -0.05) is 0 Å². The van der Waals surface area contributed by atoms with Crippen LogP contribution in [0.3, 0.4) is 0 Å². The molecule has 0 aliphatic carbocycles. The maximum absolute atomic E-state index is 10.4. The van der Waals surface area contributed by atoms with Crippen molar-refractivity contribution in [2.24, 2.45) is 10.7 Å². The summed E-state index contributed by atoms with van der Waals surface area (Å²) in [7, 11) is 1.53. The average Bonchev–Trinajstić information content (AvgIpc) is 1.88. The van der Waals surface area contributed by atoms with Gasteiger partial charge in [0, 0.05) is 13.2 Å². The second-order valence-electron chi connectivity index (χ2n) is 1.59. The predicted molar refractivity (Wildman–Crippen MR) is 42.1 cm³/mol. The van der Waals surface area contributed by atoms with Crippen molar-refractivity contribution in [3.05, 3.63) is 11.1 Å². The minimum Gasteiger partial charge on any atom is -0.404 e. The van der Waals surface area contributed by atoms with Crippen LogP contribution >= 0.6 is 0 Å². The lowest BCUT2D eigenvalue weighted by molar-refractivity contribution is 0.572. The van der Waals surface area contributed by atoms with Gasteiger partial charge in [-0.3, -0.25) is 4.99 Å². The number of allylic oxidation sites excluding steroid dienone is 1. The van der Waals surface area contributed by atoms with Gasteiger partial charge in [0.05, 0.1) is 5.71 Å². The van der Waals surface area contributed by atoms with E-state index in [1.54, 1.807) is 6.92 Å². The molecule has 0 bridgehead atoms. The summed E-state index contributed by atoms with van der Waals surface area (Å²) in [5, 5.41) is 0. The first-order valence-corrected chi connectivity index (χ1v) is 3.70. The Bertz CT molecular complexity index is 198. The zero-order valence-electron chi connectivity index (χ0n) is 5.87.